The minimum absolute atomic E-state index is 0.0287. The van der Waals surface area contributed by atoms with Gasteiger partial charge in [0.25, 0.3) is 5.56 Å². The van der Waals surface area contributed by atoms with Crippen LogP contribution in [-0.2, 0) is 6.54 Å². The Morgan fingerprint density at radius 1 is 1.00 bits per heavy atom. The number of hydrogen-bond acceptors (Lipinski definition) is 5. The number of hydrogen-bond donors (Lipinski definition) is 1. The highest BCUT2D eigenvalue weighted by Crippen LogP contribution is 2.33. The average Bonchev–Trinajstić information content (AvgIpc) is 2.91. The zero-order valence-electron chi connectivity index (χ0n) is 20.1. The minimum Gasteiger partial charge on any atom is -0.377 e. The summed E-state index contributed by atoms with van der Waals surface area (Å²) in [6.07, 6.45) is 5.18. The Morgan fingerprint density at radius 2 is 1.78 bits per heavy atom. The topological polar surface area (TPSA) is 83.6 Å². The van der Waals surface area contributed by atoms with Crippen LogP contribution in [0.3, 0.4) is 0 Å². The predicted octanol–water partition coefficient (Wildman–Crippen LogP) is 5.86. The molecule has 0 spiro atoms. The molecule has 0 saturated carbocycles. The van der Waals surface area contributed by atoms with Crippen molar-refractivity contribution in [2.75, 3.05) is 5.32 Å². The molecule has 0 aliphatic heterocycles. The number of nitrogens with one attached hydrogen (secondary N) is 1. The van der Waals surface area contributed by atoms with Gasteiger partial charge in [0.2, 0.25) is 0 Å². The fourth-order valence-electron chi connectivity index (χ4n) is 4.45. The molecule has 3 heterocycles. The molecule has 0 saturated heterocycles. The third-order valence-electron chi connectivity index (χ3n) is 6.32. The molecule has 0 bridgehead atoms. The third kappa shape index (κ3) is 4.47. The number of rotatable bonds is 6. The molecule has 5 aromatic rings. The van der Waals surface area contributed by atoms with Gasteiger partial charge in [-0.15, -0.1) is 0 Å². The Kier molecular flexibility index (Phi) is 6.29. The van der Waals surface area contributed by atoms with E-state index >= 15 is 0 Å². The summed E-state index contributed by atoms with van der Waals surface area (Å²) in [5.74, 6) is 0. The molecule has 0 radical (unpaired) electrons. The van der Waals surface area contributed by atoms with Gasteiger partial charge in [-0.1, -0.05) is 42.0 Å². The highest BCUT2D eigenvalue weighted by molar-refractivity contribution is 5.99. The van der Waals surface area contributed by atoms with Crippen molar-refractivity contribution in [1.29, 1.82) is 5.26 Å². The van der Waals surface area contributed by atoms with E-state index in [4.69, 9.17) is 0 Å². The van der Waals surface area contributed by atoms with Crippen LogP contribution in [0, 0.1) is 18.3 Å². The lowest BCUT2D eigenvalue weighted by atomic mass is 9.95. The van der Waals surface area contributed by atoms with Crippen LogP contribution >= 0.6 is 0 Å². The Morgan fingerprint density at radius 3 is 2.47 bits per heavy atom. The first-order valence-corrected chi connectivity index (χ1v) is 11.8. The standard InChI is InChI=1S/C30H25N5O/c1-20-6-8-23(9-7-20)29-25-11-10-24(34-21(2)27-5-3-4-14-33-27)17-28(25)35(30(36)26(29)18-31)19-22-12-15-32-16-13-22/h3-17,21,34H,19H2,1-2H3. The fraction of sp³-hybridized carbons (Fsp3) is 0.133. The molecule has 6 nitrogen and oxygen atoms in total. The van der Waals surface area contributed by atoms with Crippen LogP contribution < -0.4 is 10.9 Å². The summed E-state index contributed by atoms with van der Waals surface area (Å²) in [5, 5.41) is 14.4. The smallest absolute Gasteiger partial charge is 0.269 e. The van der Waals surface area contributed by atoms with E-state index < -0.39 is 0 Å². The lowest BCUT2D eigenvalue weighted by Crippen LogP contribution is -2.25. The summed E-state index contributed by atoms with van der Waals surface area (Å²) in [7, 11) is 0. The van der Waals surface area contributed by atoms with Crippen molar-refractivity contribution < 1.29 is 0 Å². The second-order valence-corrected chi connectivity index (χ2v) is 8.83. The molecular formula is C30H25N5O. The SMILES string of the molecule is Cc1ccc(-c2c(C#N)c(=O)n(Cc3ccncc3)c3cc(NC(C)c4ccccn4)ccc23)cc1. The molecule has 3 aromatic heterocycles. The van der Waals surface area contributed by atoms with Crippen LogP contribution in [0.4, 0.5) is 5.69 Å². The monoisotopic (exact) mass is 471 g/mol. The summed E-state index contributed by atoms with van der Waals surface area (Å²) < 4.78 is 1.68. The van der Waals surface area contributed by atoms with Crippen LogP contribution in [0.2, 0.25) is 0 Å². The highest BCUT2D eigenvalue weighted by Gasteiger charge is 2.19. The Bertz CT molecular complexity index is 1620. The summed E-state index contributed by atoms with van der Waals surface area (Å²) in [6.45, 7) is 4.40. The Labute approximate surface area is 209 Å². The number of fused-ring (bicyclic) bond motifs is 1. The lowest BCUT2D eigenvalue weighted by molar-refractivity contribution is 0.790. The number of nitrogens with zero attached hydrogens (tertiary/aromatic N) is 4. The second kappa shape index (κ2) is 9.85. The van der Waals surface area contributed by atoms with Gasteiger partial charge in [0.05, 0.1) is 23.8 Å². The van der Waals surface area contributed by atoms with Gasteiger partial charge < -0.3 is 9.88 Å². The van der Waals surface area contributed by atoms with Gasteiger partial charge in [0.1, 0.15) is 11.6 Å². The van der Waals surface area contributed by atoms with E-state index in [0.29, 0.717) is 12.1 Å². The first-order valence-electron chi connectivity index (χ1n) is 11.8. The Hall–Kier alpha value is -4.76. The maximum atomic E-state index is 13.7. The molecule has 0 aliphatic rings. The van der Waals surface area contributed by atoms with Gasteiger partial charge in [-0.3, -0.25) is 14.8 Å². The maximum Gasteiger partial charge on any atom is 0.269 e. The maximum absolute atomic E-state index is 13.7. The molecule has 2 aromatic carbocycles. The summed E-state index contributed by atoms with van der Waals surface area (Å²) >= 11 is 0. The van der Waals surface area contributed by atoms with Gasteiger partial charge in [-0.2, -0.15) is 5.26 Å². The van der Waals surface area contributed by atoms with Crippen LogP contribution in [0.25, 0.3) is 22.0 Å². The van der Waals surface area contributed by atoms with E-state index in [1.807, 2.05) is 86.6 Å². The molecule has 6 heteroatoms. The van der Waals surface area contributed by atoms with E-state index in [2.05, 4.69) is 21.4 Å². The van der Waals surface area contributed by atoms with Gasteiger partial charge in [-0.05, 0) is 61.4 Å². The minimum atomic E-state index is -0.313. The number of pyridine rings is 3. The fourth-order valence-corrected chi connectivity index (χ4v) is 4.45. The normalized spacial score (nSPS) is 11.7. The molecule has 176 valence electrons. The number of aromatic nitrogens is 3. The average molecular weight is 472 g/mol. The van der Waals surface area contributed by atoms with Gasteiger partial charge in [-0.25, -0.2) is 0 Å². The summed E-state index contributed by atoms with van der Waals surface area (Å²) in [5.41, 5.74) is 5.92. The van der Waals surface area contributed by atoms with E-state index in [-0.39, 0.29) is 17.2 Å². The van der Waals surface area contributed by atoms with Crippen LogP contribution in [0.15, 0.2) is 96.2 Å². The number of aryl methyl sites for hydroxylation is 1. The Balaban J connectivity index is 1.72. The lowest BCUT2D eigenvalue weighted by Gasteiger charge is -2.19. The molecule has 0 aliphatic carbocycles. The predicted molar refractivity (Wildman–Crippen MR) is 143 cm³/mol. The number of anilines is 1. The molecule has 1 N–H and O–H groups in total. The van der Waals surface area contributed by atoms with Crippen molar-refractivity contribution in [2.24, 2.45) is 0 Å². The number of nitriles is 1. The van der Waals surface area contributed by atoms with Crippen molar-refractivity contribution in [3.63, 3.8) is 0 Å². The van der Waals surface area contributed by atoms with Crippen molar-refractivity contribution in [1.82, 2.24) is 14.5 Å². The molecule has 0 amide bonds. The van der Waals surface area contributed by atoms with E-state index in [0.717, 1.165) is 39.0 Å². The van der Waals surface area contributed by atoms with Crippen molar-refractivity contribution in [2.45, 2.75) is 26.4 Å². The first kappa shape index (κ1) is 23.0. The van der Waals surface area contributed by atoms with E-state index in [1.54, 1.807) is 23.2 Å². The molecule has 5 rings (SSSR count). The quantitative estimate of drug-likeness (QED) is 0.335. The van der Waals surface area contributed by atoms with Crippen LogP contribution in [-0.4, -0.2) is 14.5 Å². The third-order valence-corrected chi connectivity index (χ3v) is 6.32. The second-order valence-electron chi connectivity index (χ2n) is 8.83. The van der Waals surface area contributed by atoms with Gasteiger partial charge in [0.15, 0.2) is 0 Å². The van der Waals surface area contributed by atoms with Gasteiger partial charge in [0, 0.05) is 35.2 Å². The summed E-state index contributed by atoms with van der Waals surface area (Å²) in [4.78, 5) is 22.3. The van der Waals surface area contributed by atoms with Crippen molar-refractivity contribution in [3.8, 4) is 17.2 Å². The van der Waals surface area contributed by atoms with Crippen molar-refractivity contribution >= 4 is 16.6 Å². The molecule has 0 fully saturated rings. The molecular weight excluding hydrogens is 446 g/mol. The summed E-state index contributed by atoms with van der Waals surface area (Å²) in [6, 6.07) is 25.6. The van der Waals surface area contributed by atoms with Crippen LogP contribution in [0.5, 0.6) is 0 Å². The van der Waals surface area contributed by atoms with Gasteiger partial charge >= 0.3 is 0 Å². The highest BCUT2D eigenvalue weighted by atomic mass is 16.1. The molecule has 1 atom stereocenters. The largest absolute Gasteiger partial charge is 0.377 e. The van der Waals surface area contributed by atoms with Crippen molar-refractivity contribution in [3.05, 3.63) is 124 Å². The molecule has 1 unspecified atom stereocenters. The first-order chi connectivity index (χ1) is 17.5. The van der Waals surface area contributed by atoms with E-state index in [1.165, 1.54) is 0 Å². The van der Waals surface area contributed by atoms with Crippen LogP contribution in [0.1, 0.15) is 35.3 Å². The zero-order valence-corrected chi connectivity index (χ0v) is 20.1. The zero-order chi connectivity index (χ0) is 25.1. The van der Waals surface area contributed by atoms with E-state index in [9.17, 15) is 10.1 Å². The number of benzene rings is 2. The molecule has 36 heavy (non-hydrogen) atoms.